The summed E-state index contributed by atoms with van der Waals surface area (Å²) in [7, 11) is 2.17. The van der Waals surface area contributed by atoms with E-state index in [9.17, 15) is 0 Å². The van der Waals surface area contributed by atoms with Crippen LogP contribution in [0, 0.1) is 6.92 Å². The van der Waals surface area contributed by atoms with E-state index < -0.39 is 0 Å². The van der Waals surface area contributed by atoms with Crippen LogP contribution in [0.3, 0.4) is 0 Å². The number of likely N-dealkylation sites (N-methyl/N-ethyl adjacent to an activating group) is 1. The second-order valence-corrected chi connectivity index (χ2v) is 5.49. The van der Waals surface area contributed by atoms with E-state index in [1.54, 1.807) is 0 Å². The third-order valence-corrected chi connectivity index (χ3v) is 4.13. The maximum Gasteiger partial charge on any atom is 0.172 e. The van der Waals surface area contributed by atoms with Crippen molar-refractivity contribution >= 4 is 11.5 Å². The van der Waals surface area contributed by atoms with Crippen LogP contribution in [-0.4, -0.2) is 48.7 Å². The van der Waals surface area contributed by atoms with E-state index in [2.05, 4.69) is 41.9 Å². The highest BCUT2D eigenvalue weighted by atomic mass is 16.4. The number of amidine groups is 1. The lowest BCUT2D eigenvalue weighted by atomic mass is 10.0. The maximum absolute atomic E-state index is 8.96. The zero-order valence-electron chi connectivity index (χ0n) is 12.5. The van der Waals surface area contributed by atoms with Gasteiger partial charge in [0.25, 0.3) is 0 Å². The minimum absolute atomic E-state index is 0.173. The second-order valence-electron chi connectivity index (χ2n) is 5.49. The number of aryl methyl sites for hydroxylation is 1. The van der Waals surface area contributed by atoms with Crippen molar-refractivity contribution in [1.82, 2.24) is 4.90 Å². The molecular weight excluding hydrogens is 252 g/mol. The molecule has 2 rings (SSSR count). The highest BCUT2D eigenvalue weighted by molar-refractivity contribution is 6.02. The van der Waals surface area contributed by atoms with Gasteiger partial charge < -0.3 is 15.8 Å². The van der Waals surface area contributed by atoms with Crippen molar-refractivity contribution in [1.29, 1.82) is 0 Å². The van der Waals surface area contributed by atoms with Gasteiger partial charge in [0.05, 0.1) is 0 Å². The SMILES string of the molecule is CCC1CN(c2cc(C)ccc2C(N)=NO)CCN1C. The van der Waals surface area contributed by atoms with Crippen LogP contribution in [0.25, 0.3) is 0 Å². The number of oxime groups is 1. The molecule has 1 aliphatic rings. The van der Waals surface area contributed by atoms with Gasteiger partial charge in [0, 0.05) is 36.9 Å². The first-order valence-corrected chi connectivity index (χ1v) is 7.10. The minimum atomic E-state index is 0.173. The monoisotopic (exact) mass is 276 g/mol. The van der Waals surface area contributed by atoms with E-state index in [0.717, 1.165) is 37.3 Å². The third-order valence-electron chi connectivity index (χ3n) is 4.13. The molecule has 0 aliphatic carbocycles. The van der Waals surface area contributed by atoms with Crippen LogP contribution in [-0.2, 0) is 0 Å². The van der Waals surface area contributed by atoms with Crippen LogP contribution < -0.4 is 10.6 Å². The molecule has 0 saturated carbocycles. The average Bonchev–Trinajstić information content (AvgIpc) is 2.47. The predicted molar refractivity (Wildman–Crippen MR) is 82.6 cm³/mol. The van der Waals surface area contributed by atoms with E-state index in [1.807, 2.05) is 12.1 Å². The molecule has 5 nitrogen and oxygen atoms in total. The summed E-state index contributed by atoms with van der Waals surface area (Å²) in [4.78, 5) is 4.74. The van der Waals surface area contributed by atoms with Crippen LogP contribution in [0.4, 0.5) is 5.69 Å². The highest BCUT2D eigenvalue weighted by Gasteiger charge is 2.25. The Balaban J connectivity index is 2.34. The van der Waals surface area contributed by atoms with Gasteiger partial charge in [0.2, 0.25) is 0 Å². The number of piperazine rings is 1. The summed E-state index contributed by atoms with van der Waals surface area (Å²) in [6, 6.07) is 6.58. The van der Waals surface area contributed by atoms with E-state index in [1.165, 1.54) is 5.56 Å². The molecule has 3 N–H and O–H groups in total. The molecule has 0 amide bonds. The Labute approximate surface area is 120 Å². The largest absolute Gasteiger partial charge is 0.409 e. The van der Waals surface area contributed by atoms with Gasteiger partial charge in [-0.3, -0.25) is 4.90 Å². The Morgan fingerprint density at radius 1 is 1.45 bits per heavy atom. The summed E-state index contributed by atoms with van der Waals surface area (Å²) in [6.07, 6.45) is 1.12. The van der Waals surface area contributed by atoms with Crippen LogP contribution in [0.5, 0.6) is 0 Å². The normalized spacial score (nSPS) is 21.2. The number of anilines is 1. The lowest BCUT2D eigenvalue weighted by Crippen LogP contribution is -2.51. The quantitative estimate of drug-likeness (QED) is 0.381. The Morgan fingerprint density at radius 2 is 2.20 bits per heavy atom. The van der Waals surface area contributed by atoms with Gasteiger partial charge in [-0.15, -0.1) is 0 Å². The molecule has 20 heavy (non-hydrogen) atoms. The molecule has 1 atom stereocenters. The number of hydrogen-bond donors (Lipinski definition) is 2. The van der Waals surface area contributed by atoms with Crippen LogP contribution in [0.15, 0.2) is 23.4 Å². The molecule has 1 aliphatic heterocycles. The summed E-state index contributed by atoms with van der Waals surface area (Å²) in [6.45, 7) is 7.24. The standard InChI is InChI=1S/C15H24N4O/c1-4-12-10-19(8-7-18(12)3)14-9-11(2)5-6-13(14)15(16)17-20/h5-6,9,12,20H,4,7-8,10H2,1-3H3,(H2,16,17). The molecule has 0 bridgehead atoms. The van der Waals surface area contributed by atoms with Crippen molar-refractivity contribution in [2.24, 2.45) is 10.9 Å². The minimum Gasteiger partial charge on any atom is -0.409 e. The van der Waals surface area contributed by atoms with Crippen molar-refractivity contribution in [3.63, 3.8) is 0 Å². The fourth-order valence-electron chi connectivity index (χ4n) is 2.78. The zero-order valence-corrected chi connectivity index (χ0v) is 12.5. The van der Waals surface area contributed by atoms with Crippen LogP contribution >= 0.6 is 0 Å². The van der Waals surface area contributed by atoms with Gasteiger partial charge >= 0.3 is 0 Å². The summed E-state index contributed by atoms with van der Waals surface area (Å²) >= 11 is 0. The zero-order chi connectivity index (χ0) is 14.7. The van der Waals surface area contributed by atoms with Gasteiger partial charge in [-0.25, -0.2) is 0 Å². The Bertz CT molecular complexity index is 501. The Hall–Kier alpha value is -1.75. The highest BCUT2D eigenvalue weighted by Crippen LogP contribution is 2.25. The molecule has 1 unspecified atom stereocenters. The van der Waals surface area contributed by atoms with E-state index >= 15 is 0 Å². The van der Waals surface area contributed by atoms with Crippen molar-refractivity contribution in [2.45, 2.75) is 26.3 Å². The maximum atomic E-state index is 8.96. The number of benzene rings is 1. The molecule has 0 radical (unpaired) electrons. The second kappa shape index (κ2) is 6.13. The predicted octanol–water partition coefficient (Wildman–Crippen LogP) is 1.62. The smallest absolute Gasteiger partial charge is 0.172 e. The molecule has 110 valence electrons. The summed E-state index contributed by atoms with van der Waals surface area (Å²) in [5, 5.41) is 12.1. The first kappa shape index (κ1) is 14.7. The van der Waals surface area contributed by atoms with Gasteiger partial charge in [0.1, 0.15) is 0 Å². The molecule has 1 saturated heterocycles. The fraction of sp³-hybridized carbons (Fsp3) is 0.533. The average molecular weight is 276 g/mol. The van der Waals surface area contributed by atoms with Crippen LogP contribution in [0.1, 0.15) is 24.5 Å². The number of rotatable bonds is 3. The third kappa shape index (κ3) is 2.88. The van der Waals surface area contributed by atoms with Gasteiger partial charge in [-0.2, -0.15) is 0 Å². The van der Waals surface area contributed by atoms with E-state index in [-0.39, 0.29) is 5.84 Å². The van der Waals surface area contributed by atoms with Crippen molar-refractivity contribution in [3.8, 4) is 0 Å². The molecule has 1 aromatic carbocycles. The number of hydrogen-bond acceptors (Lipinski definition) is 4. The Morgan fingerprint density at radius 3 is 2.85 bits per heavy atom. The van der Waals surface area contributed by atoms with Crippen molar-refractivity contribution in [2.75, 3.05) is 31.6 Å². The molecule has 0 aromatic heterocycles. The first-order chi connectivity index (χ1) is 9.56. The molecule has 0 spiro atoms. The van der Waals surface area contributed by atoms with Gasteiger partial charge in [-0.05, 0) is 38.1 Å². The van der Waals surface area contributed by atoms with Crippen molar-refractivity contribution < 1.29 is 5.21 Å². The first-order valence-electron chi connectivity index (χ1n) is 7.10. The lowest BCUT2D eigenvalue weighted by Gasteiger charge is -2.41. The van der Waals surface area contributed by atoms with E-state index in [4.69, 9.17) is 10.9 Å². The molecule has 1 aromatic rings. The van der Waals surface area contributed by atoms with Crippen LogP contribution in [0.2, 0.25) is 0 Å². The van der Waals surface area contributed by atoms with Gasteiger partial charge in [0.15, 0.2) is 5.84 Å². The molecule has 1 heterocycles. The molecular formula is C15H24N4O. The molecule has 1 fully saturated rings. The summed E-state index contributed by atoms with van der Waals surface area (Å²) < 4.78 is 0. The number of nitrogens with zero attached hydrogens (tertiary/aromatic N) is 3. The Kier molecular flexibility index (Phi) is 4.49. The van der Waals surface area contributed by atoms with E-state index in [0.29, 0.717) is 6.04 Å². The summed E-state index contributed by atoms with van der Waals surface area (Å²) in [5.41, 5.74) is 8.86. The van der Waals surface area contributed by atoms with Crippen molar-refractivity contribution in [3.05, 3.63) is 29.3 Å². The van der Waals surface area contributed by atoms with Gasteiger partial charge in [-0.1, -0.05) is 18.1 Å². The fourth-order valence-corrected chi connectivity index (χ4v) is 2.78. The lowest BCUT2D eigenvalue weighted by molar-refractivity contribution is 0.213. The summed E-state index contributed by atoms with van der Waals surface area (Å²) in [5.74, 6) is 0.173. The topological polar surface area (TPSA) is 65.1 Å². The number of nitrogens with two attached hydrogens (primary N) is 1. The molecule has 5 heteroatoms.